The van der Waals surface area contributed by atoms with Crippen molar-refractivity contribution in [3.63, 3.8) is 0 Å². The molecule has 2 aromatic rings. The fourth-order valence-electron chi connectivity index (χ4n) is 1.47. The van der Waals surface area contributed by atoms with Gasteiger partial charge in [-0.2, -0.15) is 0 Å². The van der Waals surface area contributed by atoms with Gasteiger partial charge < -0.3 is 15.5 Å². The molecule has 18 heavy (non-hydrogen) atoms. The normalized spacial score (nSPS) is 11.7. The van der Waals surface area contributed by atoms with Gasteiger partial charge in [0.05, 0.1) is 27.9 Å². The number of rotatable bonds is 3. The average molecular weight is 266 g/mol. The number of nitrogens with zero attached hydrogens (tertiary/aromatic N) is 1. The number of carbonyl (C=O) groups is 1. The number of carbonyl (C=O) groups excluding carboxylic acids is 1. The lowest BCUT2D eigenvalue weighted by Crippen LogP contribution is -2.46. The Labute approximate surface area is 108 Å². The molecule has 2 rings (SSSR count). The van der Waals surface area contributed by atoms with Crippen molar-refractivity contribution in [1.82, 2.24) is 10.3 Å². The number of hydrogen-bond donors (Lipinski definition) is 3. The molecule has 0 radical (unpaired) electrons. The molecule has 2 aromatic heterocycles. The highest BCUT2D eigenvalue weighted by molar-refractivity contribution is 7.20. The highest BCUT2D eigenvalue weighted by atomic mass is 32.1. The molecule has 0 aliphatic carbocycles. The van der Waals surface area contributed by atoms with E-state index in [1.807, 2.05) is 0 Å². The van der Waals surface area contributed by atoms with Crippen LogP contribution in [0.25, 0.3) is 10.1 Å². The quantitative estimate of drug-likeness (QED) is 0.786. The molecule has 0 aliphatic rings. The molecule has 0 saturated carbocycles. The van der Waals surface area contributed by atoms with Crippen LogP contribution >= 0.6 is 11.3 Å². The Hall–Kier alpha value is -1.66. The van der Waals surface area contributed by atoms with Gasteiger partial charge in [-0.25, -0.2) is 0 Å². The van der Waals surface area contributed by atoms with Gasteiger partial charge in [0.25, 0.3) is 5.91 Å². The summed E-state index contributed by atoms with van der Waals surface area (Å²) in [5.74, 6) is -0.209. The first-order valence-corrected chi connectivity index (χ1v) is 6.24. The Morgan fingerprint density at radius 3 is 2.83 bits per heavy atom. The molecule has 5 nitrogen and oxygen atoms in total. The molecule has 0 atom stereocenters. The van der Waals surface area contributed by atoms with Gasteiger partial charge in [-0.15, -0.1) is 11.3 Å². The molecule has 0 unspecified atom stereocenters. The topological polar surface area (TPSA) is 82.5 Å². The van der Waals surface area contributed by atoms with Gasteiger partial charge in [-0.1, -0.05) is 0 Å². The summed E-state index contributed by atoms with van der Waals surface area (Å²) in [4.78, 5) is 16.3. The molecular formula is C12H14N2O3S. The zero-order chi connectivity index (χ0) is 13.3. The van der Waals surface area contributed by atoms with E-state index in [1.165, 1.54) is 17.5 Å². The van der Waals surface area contributed by atoms with Crippen LogP contribution in [0.1, 0.15) is 23.5 Å². The van der Waals surface area contributed by atoms with Gasteiger partial charge >= 0.3 is 0 Å². The molecule has 0 aliphatic heterocycles. The highest BCUT2D eigenvalue weighted by Gasteiger charge is 2.21. The second-order valence-electron chi connectivity index (χ2n) is 4.68. The third kappa shape index (κ3) is 2.44. The number of aliphatic hydroxyl groups excluding tert-OH is 1. The van der Waals surface area contributed by atoms with Crippen LogP contribution < -0.4 is 5.32 Å². The van der Waals surface area contributed by atoms with Crippen LogP contribution in [0.5, 0.6) is 5.75 Å². The first kappa shape index (κ1) is 12.8. The molecule has 96 valence electrons. The molecule has 0 saturated heterocycles. The molecule has 1 amide bonds. The largest absolute Gasteiger partial charge is 0.506 e. The van der Waals surface area contributed by atoms with Gasteiger partial charge in [0.15, 0.2) is 0 Å². The van der Waals surface area contributed by atoms with Crippen LogP contribution in [0.4, 0.5) is 0 Å². The molecule has 0 aromatic carbocycles. The predicted molar refractivity (Wildman–Crippen MR) is 69.9 cm³/mol. The second kappa shape index (κ2) is 4.55. The van der Waals surface area contributed by atoms with Crippen molar-refractivity contribution in [2.75, 3.05) is 6.61 Å². The first-order chi connectivity index (χ1) is 8.43. The van der Waals surface area contributed by atoms with E-state index in [4.69, 9.17) is 5.11 Å². The Morgan fingerprint density at radius 1 is 1.50 bits per heavy atom. The molecule has 2 heterocycles. The number of aromatic nitrogens is 1. The summed E-state index contributed by atoms with van der Waals surface area (Å²) in [6.07, 6.45) is 2.95. The van der Waals surface area contributed by atoms with Crippen LogP contribution in [0.2, 0.25) is 0 Å². The van der Waals surface area contributed by atoms with Crippen molar-refractivity contribution in [2.24, 2.45) is 0 Å². The lowest BCUT2D eigenvalue weighted by atomic mass is 10.1. The smallest absolute Gasteiger partial charge is 0.261 e. The number of amides is 1. The van der Waals surface area contributed by atoms with E-state index in [2.05, 4.69) is 10.3 Å². The van der Waals surface area contributed by atoms with E-state index in [0.29, 0.717) is 10.3 Å². The van der Waals surface area contributed by atoms with E-state index in [-0.39, 0.29) is 18.3 Å². The molecule has 0 spiro atoms. The third-order valence-electron chi connectivity index (χ3n) is 2.50. The predicted octanol–water partition coefficient (Wildman–Crippen LogP) is 1.50. The van der Waals surface area contributed by atoms with E-state index in [0.717, 1.165) is 4.70 Å². The van der Waals surface area contributed by atoms with Gasteiger partial charge in [-0.3, -0.25) is 9.78 Å². The molecule has 6 heteroatoms. The lowest BCUT2D eigenvalue weighted by molar-refractivity contribution is 0.0873. The summed E-state index contributed by atoms with van der Waals surface area (Å²) in [6.45, 7) is 3.32. The van der Waals surface area contributed by atoms with Crippen molar-refractivity contribution in [2.45, 2.75) is 19.4 Å². The maximum absolute atomic E-state index is 12.0. The minimum Gasteiger partial charge on any atom is -0.506 e. The number of pyridine rings is 1. The van der Waals surface area contributed by atoms with Crippen molar-refractivity contribution in [3.8, 4) is 5.75 Å². The number of aliphatic hydroxyl groups is 1. The maximum Gasteiger partial charge on any atom is 0.261 e. The van der Waals surface area contributed by atoms with Gasteiger partial charge in [0.2, 0.25) is 0 Å². The molecule has 0 fully saturated rings. The summed E-state index contributed by atoms with van der Waals surface area (Å²) in [6, 6.07) is 1.62. The Bertz CT molecular complexity index is 592. The van der Waals surface area contributed by atoms with Crippen LogP contribution in [-0.4, -0.2) is 33.3 Å². The summed E-state index contributed by atoms with van der Waals surface area (Å²) in [7, 11) is 0. The van der Waals surface area contributed by atoms with Gasteiger partial charge in [-0.05, 0) is 19.9 Å². The molecular weight excluding hydrogens is 252 g/mol. The van der Waals surface area contributed by atoms with Crippen LogP contribution in [0.3, 0.4) is 0 Å². The number of fused-ring (bicyclic) bond motifs is 1. The van der Waals surface area contributed by atoms with Gasteiger partial charge in [0.1, 0.15) is 5.75 Å². The number of thiophene rings is 1. The summed E-state index contributed by atoms with van der Waals surface area (Å²) in [5.41, 5.74) is -0.673. The summed E-state index contributed by atoms with van der Waals surface area (Å²) >= 11 is 1.25. The minimum absolute atomic E-state index is 0.0595. The van der Waals surface area contributed by atoms with E-state index in [9.17, 15) is 9.90 Å². The Morgan fingerprint density at radius 2 is 2.22 bits per heavy atom. The summed E-state index contributed by atoms with van der Waals surface area (Å²) in [5, 5.41) is 22.1. The first-order valence-electron chi connectivity index (χ1n) is 5.43. The standard InChI is InChI=1S/C12H14N2O3S/c1-12(2,6-15)14-11(17)9-3-7-8(16)4-13-5-10(7)18-9/h3-5,15-16H,6H2,1-2H3,(H,14,17). The van der Waals surface area contributed by atoms with Gasteiger partial charge in [0, 0.05) is 11.6 Å². The fourth-order valence-corrected chi connectivity index (χ4v) is 2.41. The van der Waals surface area contributed by atoms with E-state index < -0.39 is 5.54 Å². The lowest BCUT2D eigenvalue weighted by Gasteiger charge is -2.22. The van der Waals surface area contributed by atoms with Crippen molar-refractivity contribution < 1.29 is 15.0 Å². The fraction of sp³-hybridized carbons (Fsp3) is 0.333. The number of aromatic hydroxyl groups is 1. The maximum atomic E-state index is 12.0. The van der Waals surface area contributed by atoms with Crippen molar-refractivity contribution in [3.05, 3.63) is 23.3 Å². The summed E-state index contributed by atoms with van der Waals surface area (Å²) < 4.78 is 0.752. The highest BCUT2D eigenvalue weighted by Crippen LogP contribution is 2.31. The SMILES string of the molecule is CC(C)(CO)NC(=O)c1cc2c(O)cncc2s1. The third-order valence-corrected chi connectivity index (χ3v) is 3.56. The zero-order valence-electron chi connectivity index (χ0n) is 10.1. The molecule has 0 bridgehead atoms. The van der Waals surface area contributed by atoms with Crippen LogP contribution in [0.15, 0.2) is 18.5 Å². The van der Waals surface area contributed by atoms with E-state index >= 15 is 0 Å². The van der Waals surface area contributed by atoms with E-state index in [1.54, 1.807) is 26.1 Å². The minimum atomic E-state index is -0.673. The number of nitrogens with one attached hydrogen (secondary N) is 1. The Kier molecular flexibility index (Phi) is 3.23. The van der Waals surface area contributed by atoms with Crippen molar-refractivity contribution in [1.29, 1.82) is 0 Å². The van der Waals surface area contributed by atoms with Crippen molar-refractivity contribution >= 4 is 27.3 Å². The molecule has 3 N–H and O–H groups in total. The Balaban J connectivity index is 2.32. The second-order valence-corrected chi connectivity index (χ2v) is 5.76. The monoisotopic (exact) mass is 266 g/mol. The average Bonchev–Trinajstić information content (AvgIpc) is 2.74. The van der Waals surface area contributed by atoms with Crippen LogP contribution in [0, 0.1) is 0 Å². The van der Waals surface area contributed by atoms with Crippen LogP contribution in [-0.2, 0) is 0 Å². The number of hydrogen-bond acceptors (Lipinski definition) is 5. The zero-order valence-corrected chi connectivity index (χ0v) is 10.9.